The van der Waals surface area contributed by atoms with Gasteiger partial charge >= 0.3 is 0 Å². The van der Waals surface area contributed by atoms with Gasteiger partial charge in [0.2, 0.25) is 0 Å². The quantitative estimate of drug-likeness (QED) is 0.628. The van der Waals surface area contributed by atoms with Crippen LogP contribution >= 0.6 is 0 Å². The Bertz CT molecular complexity index is 852. The van der Waals surface area contributed by atoms with Crippen LogP contribution in [0.5, 0.6) is 0 Å². The number of carbonyl (C=O) groups excluding carboxylic acids is 1. The van der Waals surface area contributed by atoms with Gasteiger partial charge in [0.05, 0.1) is 11.6 Å². The highest BCUT2D eigenvalue weighted by Crippen LogP contribution is 2.14. The Hall–Kier alpha value is -3.37. The van der Waals surface area contributed by atoms with Gasteiger partial charge in [-0.15, -0.1) is 0 Å². The van der Waals surface area contributed by atoms with E-state index in [1.54, 1.807) is 24.3 Å². The SMILES string of the molecule is CCCCc1ccc(NC(=O)/C(C#N)=C/c2cccc(C#N)c2)cc1. The van der Waals surface area contributed by atoms with Crippen LogP contribution in [-0.4, -0.2) is 5.91 Å². The average molecular weight is 329 g/mol. The van der Waals surface area contributed by atoms with Crippen molar-refractivity contribution in [2.45, 2.75) is 26.2 Å². The van der Waals surface area contributed by atoms with Crippen molar-refractivity contribution in [3.63, 3.8) is 0 Å². The van der Waals surface area contributed by atoms with Crippen LogP contribution in [0.4, 0.5) is 5.69 Å². The van der Waals surface area contributed by atoms with Gasteiger partial charge in [0.25, 0.3) is 5.91 Å². The lowest BCUT2D eigenvalue weighted by Crippen LogP contribution is -2.13. The molecule has 4 heteroatoms. The van der Waals surface area contributed by atoms with E-state index < -0.39 is 5.91 Å². The molecule has 2 aromatic rings. The molecule has 4 nitrogen and oxygen atoms in total. The van der Waals surface area contributed by atoms with Crippen molar-refractivity contribution in [2.24, 2.45) is 0 Å². The zero-order valence-electron chi connectivity index (χ0n) is 14.1. The second-order valence-corrected chi connectivity index (χ2v) is 5.66. The largest absolute Gasteiger partial charge is 0.321 e. The molecular weight excluding hydrogens is 310 g/mol. The number of aryl methyl sites for hydroxylation is 1. The molecular formula is C21H19N3O. The zero-order valence-corrected chi connectivity index (χ0v) is 14.1. The topological polar surface area (TPSA) is 76.7 Å². The number of nitrogens with zero attached hydrogens (tertiary/aromatic N) is 2. The van der Waals surface area contributed by atoms with E-state index in [1.807, 2.05) is 36.4 Å². The number of unbranched alkanes of at least 4 members (excludes halogenated alkanes) is 1. The molecule has 25 heavy (non-hydrogen) atoms. The number of amides is 1. The Morgan fingerprint density at radius 2 is 1.92 bits per heavy atom. The molecule has 0 atom stereocenters. The second kappa shape index (κ2) is 9.05. The fraction of sp³-hybridized carbons (Fsp3) is 0.190. The Morgan fingerprint density at radius 1 is 1.16 bits per heavy atom. The summed E-state index contributed by atoms with van der Waals surface area (Å²) in [6.45, 7) is 2.15. The highest BCUT2D eigenvalue weighted by atomic mass is 16.1. The summed E-state index contributed by atoms with van der Waals surface area (Å²) < 4.78 is 0. The lowest BCUT2D eigenvalue weighted by atomic mass is 10.1. The summed E-state index contributed by atoms with van der Waals surface area (Å²) in [5.74, 6) is -0.467. The van der Waals surface area contributed by atoms with Crippen LogP contribution < -0.4 is 5.32 Å². The first-order chi connectivity index (χ1) is 12.2. The summed E-state index contributed by atoms with van der Waals surface area (Å²) in [5.41, 5.74) is 2.99. The van der Waals surface area contributed by atoms with E-state index in [2.05, 4.69) is 12.2 Å². The molecule has 1 amide bonds. The van der Waals surface area contributed by atoms with E-state index in [0.29, 0.717) is 16.8 Å². The maximum absolute atomic E-state index is 12.3. The summed E-state index contributed by atoms with van der Waals surface area (Å²) in [6, 6.07) is 18.4. The second-order valence-electron chi connectivity index (χ2n) is 5.66. The van der Waals surface area contributed by atoms with Crippen molar-refractivity contribution in [3.05, 3.63) is 70.8 Å². The highest BCUT2D eigenvalue weighted by molar-refractivity contribution is 6.09. The number of anilines is 1. The van der Waals surface area contributed by atoms with Crippen molar-refractivity contribution >= 4 is 17.7 Å². The molecule has 0 aliphatic carbocycles. The summed E-state index contributed by atoms with van der Waals surface area (Å²) in [5, 5.41) is 20.9. The van der Waals surface area contributed by atoms with Crippen molar-refractivity contribution in [1.82, 2.24) is 0 Å². The number of nitriles is 2. The van der Waals surface area contributed by atoms with E-state index in [1.165, 1.54) is 11.6 Å². The Balaban J connectivity index is 2.10. The molecule has 0 spiro atoms. The minimum atomic E-state index is -0.467. The molecule has 124 valence electrons. The highest BCUT2D eigenvalue weighted by Gasteiger charge is 2.09. The maximum Gasteiger partial charge on any atom is 0.266 e. The lowest BCUT2D eigenvalue weighted by molar-refractivity contribution is -0.112. The van der Waals surface area contributed by atoms with Crippen molar-refractivity contribution in [1.29, 1.82) is 10.5 Å². The van der Waals surface area contributed by atoms with Crippen LogP contribution in [0.25, 0.3) is 6.08 Å². The smallest absolute Gasteiger partial charge is 0.266 e. The summed E-state index contributed by atoms with van der Waals surface area (Å²) in [4.78, 5) is 12.3. The van der Waals surface area contributed by atoms with Gasteiger partial charge in [-0.25, -0.2) is 0 Å². The fourth-order valence-electron chi connectivity index (χ4n) is 2.35. The van der Waals surface area contributed by atoms with Gasteiger partial charge in [-0.2, -0.15) is 10.5 Å². The fourth-order valence-corrected chi connectivity index (χ4v) is 2.35. The Labute approximate surface area is 148 Å². The molecule has 0 unspecified atom stereocenters. The number of benzene rings is 2. The van der Waals surface area contributed by atoms with Gasteiger partial charge in [0, 0.05) is 5.69 Å². The third-order valence-electron chi connectivity index (χ3n) is 3.72. The molecule has 0 bridgehead atoms. The van der Waals surface area contributed by atoms with E-state index in [-0.39, 0.29) is 5.57 Å². The van der Waals surface area contributed by atoms with Gasteiger partial charge in [0.15, 0.2) is 0 Å². The predicted molar refractivity (Wildman–Crippen MR) is 98.4 cm³/mol. The van der Waals surface area contributed by atoms with E-state index >= 15 is 0 Å². The summed E-state index contributed by atoms with van der Waals surface area (Å²) >= 11 is 0. The lowest BCUT2D eigenvalue weighted by Gasteiger charge is -2.06. The predicted octanol–water partition coefficient (Wildman–Crippen LogP) is 4.45. The normalized spacial score (nSPS) is 10.6. The number of carbonyl (C=O) groups is 1. The summed E-state index contributed by atoms with van der Waals surface area (Å²) in [6.07, 6.45) is 4.77. The molecule has 0 fully saturated rings. The molecule has 0 aliphatic rings. The first-order valence-electron chi connectivity index (χ1n) is 8.18. The Kier molecular flexibility index (Phi) is 6.51. The van der Waals surface area contributed by atoms with Gasteiger partial charge < -0.3 is 5.32 Å². The zero-order chi connectivity index (χ0) is 18.1. The number of hydrogen-bond acceptors (Lipinski definition) is 3. The molecule has 0 saturated heterocycles. The van der Waals surface area contributed by atoms with Crippen LogP contribution in [0.2, 0.25) is 0 Å². The summed E-state index contributed by atoms with van der Waals surface area (Å²) in [7, 11) is 0. The molecule has 0 saturated carbocycles. The molecule has 0 aromatic heterocycles. The minimum absolute atomic E-state index is 0.00912. The van der Waals surface area contributed by atoms with Crippen LogP contribution in [0.1, 0.15) is 36.5 Å². The number of nitrogens with one attached hydrogen (secondary N) is 1. The van der Waals surface area contributed by atoms with Gasteiger partial charge in [0.1, 0.15) is 11.6 Å². The first-order valence-corrected chi connectivity index (χ1v) is 8.18. The molecule has 0 radical (unpaired) electrons. The van der Waals surface area contributed by atoms with Crippen LogP contribution in [0.15, 0.2) is 54.1 Å². The first kappa shape index (κ1) is 18.0. The Morgan fingerprint density at radius 3 is 2.56 bits per heavy atom. The van der Waals surface area contributed by atoms with Crippen LogP contribution in [-0.2, 0) is 11.2 Å². The van der Waals surface area contributed by atoms with Crippen molar-refractivity contribution in [3.8, 4) is 12.1 Å². The molecule has 2 rings (SSSR count). The number of hydrogen-bond donors (Lipinski definition) is 1. The third-order valence-corrected chi connectivity index (χ3v) is 3.72. The monoisotopic (exact) mass is 329 g/mol. The third kappa shape index (κ3) is 5.34. The van der Waals surface area contributed by atoms with E-state index in [4.69, 9.17) is 5.26 Å². The van der Waals surface area contributed by atoms with Crippen LogP contribution in [0.3, 0.4) is 0 Å². The van der Waals surface area contributed by atoms with Gasteiger partial charge in [-0.3, -0.25) is 4.79 Å². The molecule has 0 aliphatic heterocycles. The van der Waals surface area contributed by atoms with Crippen LogP contribution in [0, 0.1) is 22.7 Å². The van der Waals surface area contributed by atoms with Crippen molar-refractivity contribution in [2.75, 3.05) is 5.32 Å². The van der Waals surface area contributed by atoms with E-state index in [9.17, 15) is 10.1 Å². The molecule has 1 N–H and O–H groups in total. The van der Waals surface area contributed by atoms with Gasteiger partial charge in [-0.1, -0.05) is 37.6 Å². The van der Waals surface area contributed by atoms with Gasteiger partial charge in [-0.05, 0) is 54.3 Å². The minimum Gasteiger partial charge on any atom is -0.321 e. The van der Waals surface area contributed by atoms with Crippen molar-refractivity contribution < 1.29 is 4.79 Å². The standard InChI is InChI=1S/C21H19N3O/c1-2-3-5-16-8-10-20(11-9-16)24-21(25)19(15-23)13-17-6-4-7-18(12-17)14-22/h4,6-13H,2-3,5H2,1H3,(H,24,25)/b19-13+. The maximum atomic E-state index is 12.3. The average Bonchev–Trinajstić information content (AvgIpc) is 2.65. The van der Waals surface area contributed by atoms with E-state index in [0.717, 1.165) is 19.3 Å². The number of rotatable bonds is 6. The molecule has 0 heterocycles. The molecule has 2 aromatic carbocycles.